The summed E-state index contributed by atoms with van der Waals surface area (Å²) in [5.74, 6) is -2.16. The van der Waals surface area contributed by atoms with Crippen LogP contribution in [-0.2, 0) is 16.9 Å². The zero-order valence-corrected chi connectivity index (χ0v) is 29.9. The van der Waals surface area contributed by atoms with Crippen molar-refractivity contribution < 1.29 is 28.2 Å². The van der Waals surface area contributed by atoms with Crippen molar-refractivity contribution in [3.63, 3.8) is 0 Å². The Kier molecular flexibility index (Phi) is 10.9. The van der Waals surface area contributed by atoms with Crippen molar-refractivity contribution in [3.8, 4) is 22.5 Å². The maximum Gasteiger partial charge on any atom is 0.407 e. The van der Waals surface area contributed by atoms with Gasteiger partial charge >= 0.3 is 6.09 Å². The number of halogens is 2. The summed E-state index contributed by atoms with van der Waals surface area (Å²) in [5.41, 5.74) is 3.29. The molecule has 0 aliphatic carbocycles. The van der Waals surface area contributed by atoms with Crippen LogP contribution in [0.3, 0.4) is 0 Å². The lowest BCUT2D eigenvalue weighted by molar-refractivity contribution is 0.0525. The fourth-order valence-corrected chi connectivity index (χ4v) is 5.67. The van der Waals surface area contributed by atoms with Crippen molar-refractivity contribution in [2.45, 2.75) is 65.7 Å². The summed E-state index contributed by atoms with van der Waals surface area (Å²) >= 11 is 0. The number of benzene rings is 3. The van der Waals surface area contributed by atoms with Gasteiger partial charge in [0.15, 0.2) is 0 Å². The van der Waals surface area contributed by atoms with E-state index < -0.39 is 34.8 Å². The molecule has 4 N–H and O–H groups in total. The third kappa shape index (κ3) is 9.33. The first kappa shape index (κ1) is 37.1. The minimum Gasteiger partial charge on any atom is -0.444 e. The molecule has 268 valence electrons. The Morgan fingerprint density at radius 1 is 0.980 bits per heavy atom. The Hall–Kier alpha value is -5.20. The molecule has 12 heteroatoms. The van der Waals surface area contributed by atoms with Gasteiger partial charge in [0.25, 0.3) is 5.91 Å². The van der Waals surface area contributed by atoms with E-state index in [9.17, 15) is 19.1 Å². The van der Waals surface area contributed by atoms with Crippen molar-refractivity contribution in [3.05, 3.63) is 101 Å². The number of H-pyrrole nitrogens is 1. The Labute approximate surface area is 296 Å². The van der Waals surface area contributed by atoms with E-state index in [4.69, 9.17) is 4.74 Å². The second-order valence-corrected chi connectivity index (χ2v) is 14.2. The van der Waals surface area contributed by atoms with E-state index in [1.165, 1.54) is 44.4 Å². The van der Waals surface area contributed by atoms with Crippen molar-refractivity contribution in [2.75, 3.05) is 25.5 Å². The highest BCUT2D eigenvalue weighted by molar-refractivity contribution is 6.06. The van der Waals surface area contributed by atoms with Crippen LogP contribution in [0, 0.1) is 18.6 Å². The number of nitrogens with zero attached hydrogens (tertiary/aromatic N) is 3. The Bertz CT molecular complexity index is 2050. The molecule has 10 nitrogen and oxygen atoms in total. The molecule has 5 aromatic rings. The highest BCUT2D eigenvalue weighted by Gasteiger charge is 2.22. The van der Waals surface area contributed by atoms with E-state index in [0.29, 0.717) is 40.0 Å². The highest BCUT2D eigenvalue weighted by atomic mass is 19.1. The second kappa shape index (κ2) is 15.0. The van der Waals surface area contributed by atoms with Crippen LogP contribution in [0.5, 0.6) is 0 Å². The number of aromatic amines is 1. The standard InChI is InChI=1S/C39H44F2N6O4/c1-23-29(18-27(40)19-32(23)46-36(48)28-14-13-26(17-31(28)41)39(5,6)50)34-30-20-33(45-35(30)44-22-43-34)25-11-9-24(10-12-25)21-47(7)16-8-15-42-37(49)51-38(2,3)4/h9-14,17-20,22,50H,8,15-16,21H2,1-7H3,(H,42,49)(H,46,48)(H,43,44,45). The van der Waals surface area contributed by atoms with Crippen LogP contribution in [0.1, 0.15) is 68.1 Å². The normalized spacial score (nSPS) is 12.0. The molecule has 0 aliphatic rings. The predicted molar refractivity (Wildman–Crippen MR) is 194 cm³/mol. The summed E-state index contributed by atoms with van der Waals surface area (Å²) in [6, 6.07) is 16.4. The molecule has 3 aromatic carbocycles. The van der Waals surface area contributed by atoms with Gasteiger partial charge in [-0.2, -0.15) is 0 Å². The van der Waals surface area contributed by atoms with E-state index in [1.807, 2.05) is 46.0 Å². The molecule has 0 unspecified atom stereocenters. The largest absolute Gasteiger partial charge is 0.444 e. The van der Waals surface area contributed by atoms with E-state index >= 15 is 4.39 Å². The van der Waals surface area contributed by atoms with Crippen LogP contribution in [0.25, 0.3) is 33.5 Å². The van der Waals surface area contributed by atoms with Gasteiger partial charge in [0.05, 0.1) is 16.9 Å². The molecule has 5 rings (SSSR count). The second-order valence-electron chi connectivity index (χ2n) is 14.2. The molecule has 2 amide bonds. The molecular formula is C39H44F2N6O4. The number of amides is 2. The number of aromatic nitrogens is 3. The van der Waals surface area contributed by atoms with Gasteiger partial charge in [0.2, 0.25) is 0 Å². The molecule has 0 saturated heterocycles. The zero-order valence-electron chi connectivity index (χ0n) is 29.9. The first-order chi connectivity index (χ1) is 24.0. The van der Waals surface area contributed by atoms with Crippen LogP contribution in [0.15, 0.2) is 67.0 Å². The van der Waals surface area contributed by atoms with Crippen LogP contribution in [-0.4, -0.2) is 62.7 Å². The maximum atomic E-state index is 15.1. The molecule has 0 aliphatic heterocycles. The summed E-state index contributed by atoms with van der Waals surface area (Å²) in [4.78, 5) is 39.3. The smallest absolute Gasteiger partial charge is 0.407 e. The van der Waals surface area contributed by atoms with Gasteiger partial charge in [0.1, 0.15) is 29.2 Å². The lowest BCUT2D eigenvalue weighted by Gasteiger charge is -2.20. The maximum absolute atomic E-state index is 15.1. The van der Waals surface area contributed by atoms with Crippen molar-refractivity contribution >= 4 is 28.7 Å². The number of carbonyl (C=O) groups is 2. The van der Waals surface area contributed by atoms with Crippen LogP contribution in [0.4, 0.5) is 19.3 Å². The quantitative estimate of drug-likeness (QED) is 0.104. The summed E-state index contributed by atoms with van der Waals surface area (Å²) in [6.07, 6.45) is 1.75. The minimum absolute atomic E-state index is 0.170. The number of carbonyl (C=O) groups excluding carboxylic acids is 2. The predicted octanol–water partition coefficient (Wildman–Crippen LogP) is 7.70. The number of fused-ring (bicyclic) bond motifs is 1. The molecule has 0 bridgehead atoms. The fraction of sp³-hybridized carbons (Fsp3) is 0.333. The van der Waals surface area contributed by atoms with Crippen molar-refractivity contribution in [1.29, 1.82) is 0 Å². The molecule has 2 aromatic heterocycles. The number of aliphatic hydroxyl groups is 1. The number of anilines is 1. The summed E-state index contributed by atoms with van der Waals surface area (Å²) in [7, 11) is 2.03. The lowest BCUT2D eigenvalue weighted by atomic mass is 9.96. The molecule has 51 heavy (non-hydrogen) atoms. The van der Waals surface area contributed by atoms with Crippen LogP contribution in [0.2, 0.25) is 0 Å². The van der Waals surface area contributed by atoms with E-state index in [2.05, 4.69) is 42.6 Å². The number of nitrogens with one attached hydrogen (secondary N) is 3. The van der Waals surface area contributed by atoms with Crippen molar-refractivity contribution in [1.82, 2.24) is 25.2 Å². The molecule has 0 fully saturated rings. The van der Waals surface area contributed by atoms with Gasteiger partial charge in [0, 0.05) is 35.4 Å². The minimum atomic E-state index is -1.28. The fourth-order valence-electron chi connectivity index (χ4n) is 5.67. The number of ether oxygens (including phenoxy) is 1. The summed E-state index contributed by atoms with van der Waals surface area (Å²) in [6.45, 7) is 12.3. The SMILES string of the molecule is Cc1c(NC(=O)c2ccc(C(C)(C)O)cc2F)cc(F)cc1-c1ncnc2[nH]c(-c3ccc(CN(C)CCCNC(=O)OC(C)(C)C)cc3)cc12. The Balaban J connectivity index is 1.29. The molecule has 0 saturated carbocycles. The Morgan fingerprint density at radius 3 is 2.37 bits per heavy atom. The van der Waals surface area contributed by atoms with Crippen LogP contribution < -0.4 is 10.6 Å². The number of rotatable bonds is 11. The molecule has 0 atom stereocenters. The topological polar surface area (TPSA) is 132 Å². The van der Waals surface area contributed by atoms with Gasteiger partial charge in [-0.25, -0.2) is 23.5 Å². The first-order valence-corrected chi connectivity index (χ1v) is 16.7. The first-order valence-electron chi connectivity index (χ1n) is 16.7. The third-order valence-corrected chi connectivity index (χ3v) is 8.32. The average Bonchev–Trinajstić information content (AvgIpc) is 3.48. The van der Waals surface area contributed by atoms with Gasteiger partial charge in [-0.05, 0) is 114 Å². The molecule has 0 spiro atoms. The summed E-state index contributed by atoms with van der Waals surface area (Å²) in [5, 5.41) is 16.3. The number of hydrogen-bond acceptors (Lipinski definition) is 7. The van der Waals surface area contributed by atoms with Crippen LogP contribution >= 0.6 is 0 Å². The zero-order chi connectivity index (χ0) is 37.1. The van der Waals surface area contributed by atoms with Gasteiger partial charge in [-0.15, -0.1) is 0 Å². The Morgan fingerprint density at radius 2 is 1.71 bits per heavy atom. The monoisotopic (exact) mass is 698 g/mol. The number of hydrogen-bond donors (Lipinski definition) is 4. The molecular weight excluding hydrogens is 654 g/mol. The van der Waals surface area contributed by atoms with E-state index in [1.54, 1.807) is 6.92 Å². The number of alkyl carbamates (subject to hydrolysis) is 1. The molecule has 2 heterocycles. The molecule has 0 radical (unpaired) electrons. The lowest BCUT2D eigenvalue weighted by Crippen LogP contribution is -2.34. The van der Waals surface area contributed by atoms with Gasteiger partial charge in [-0.3, -0.25) is 4.79 Å². The highest BCUT2D eigenvalue weighted by Crippen LogP contribution is 2.35. The summed E-state index contributed by atoms with van der Waals surface area (Å²) < 4.78 is 35.2. The van der Waals surface area contributed by atoms with Gasteiger partial charge < -0.3 is 30.4 Å². The average molecular weight is 699 g/mol. The van der Waals surface area contributed by atoms with E-state index in [-0.39, 0.29) is 11.3 Å². The van der Waals surface area contributed by atoms with E-state index in [0.717, 1.165) is 42.4 Å². The van der Waals surface area contributed by atoms with Gasteiger partial charge in [-0.1, -0.05) is 30.3 Å². The third-order valence-electron chi connectivity index (χ3n) is 8.32. The van der Waals surface area contributed by atoms with Crippen molar-refractivity contribution in [2.24, 2.45) is 0 Å².